The molecule has 0 radical (unpaired) electrons. The van der Waals surface area contributed by atoms with E-state index in [1.165, 1.54) is 13.3 Å². The van der Waals surface area contributed by atoms with Crippen molar-refractivity contribution in [3.8, 4) is 29.1 Å². The van der Waals surface area contributed by atoms with Crippen molar-refractivity contribution in [3.63, 3.8) is 0 Å². The fraction of sp³-hybridized carbons (Fsp3) is 0.120. The number of nitriles is 1. The lowest BCUT2D eigenvalue weighted by Gasteiger charge is -2.11. The molecule has 0 aliphatic carbocycles. The summed E-state index contributed by atoms with van der Waals surface area (Å²) in [6.45, 7) is 3.87. The van der Waals surface area contributed by atoms with E-state index in [4.69, 9.17) is 14.7 Å². The molecular formula is C25H21N5O3. The number of rotatable bonds is 6. The quantitative estimate of drug-likeness (QED) is 0.463. The summed E-state index contributed by atoms with van der Waals surface area (Å²) in [4.78, 5) is 17.0. The Morgan fingerprint density at radius 2 is 1.82 bits per heavy atom. The van der Waals surface area contributed by atoms with Crippen LogP contribution in [-0.2, 0) is 0 Å². The first kappa shape index (κ1) is 21.6. The maximum absolute atomic E-state index is 12.6. The fourth-order valence-electron chi connectivity index (χ4n) is 3.26. The van der Waals surface area contributed by atoms with Crippen LogP contribution in [0.2, 0.25) is 0 Å². The average Bonchev–Trinajstić information content (AvgIpc) is 3.18. The van der Waals surface area contributed by atoms with E-state index in [-0.39, 0.29) is 5.91 Å². The summed E-state index contributed by atoms with van der Waals surface area (Å²) in [5.74, 6) is 1.89. The van der Waals surface area contributed by atoms with Gasteiger partial charge in [0.2, 0.25) is 0 Å². The van der Waals surface area contributed by atoms with E-state index in [1.54, 1.807) is 59.3 Å². The summed E-state index contributed by atoms with van der Waals surface area (Å²) < 4.78 is 12.9. The van der Waals surface area contributed by atoms with Gasteiger partial charge in [0.05, 0.1) is 30.0 Å². The number of methoxy groups -OCH3 is 1. The highest BCUT2D eigenvalue weighted by molar-refractivity contribution is 6.04. The van der Waals surface area contributed by atoms with E-state index in [1.807, 2.05) is 19.9 Å². The Labute approximate surface area is 191 Å². The third kappa shape index (κ3) is 4.83. The standard InChI is InChI=1S/C25H21N5O3/c1-16-12-17(2)30(29-16)24-11-5-19(15-27-24)25(31)28-20-6-8-21(9-7-20)33-22-10-4-18(14-26)13-23(22)32-3/h4-13,15H,1-3H3,(H,28,31). The third-order valence-electron chi connectivity index (χ3n) is 4.87. The SMILES string of the molecule is COc1cc(C#N)ccc1Oc1ccc(NC(=O)c2ccc(-n3nc(C)cc3C)nc2)cc1. The van der Waals surface area contributed by atoms with Gasteiger partial charge in [-0.25, -0.2) is 9.67 Å². The minimum absolute atomic E-state index is 0.273. The van der Waals surface area contributed by atoms with E-state index in [0.717, 1.165) is 11.4 Å². The molecule has 2 aromatic carbocycles. The summed E-state index contributed by atoms with van der Waals surface area (Å²) >= 11 is 0. The van der Waals surface area contributed by atoms with Gasteiger partial charge in [-0.3, -0.25) is 4.79 Å². The molecule has 8 nitrogen and oxygen atoms in total. The number of hydrogen-bond acceptors (Lipinski definition) is 6. The van der Waals surface area contributed by atoms with Gasteiger partial charge >= 0.3 is 0 Å². The van der Waals surface area contributed by atoms with Gasteiger partial charge in [0.15, 0.2) is 17.3 Å². The third-order valence-corrected chi connectivity index (χ3v) is 4.87. The summed E-state index contributed by atoms with van der Waals surface area (Å²) in [5, 5.41) is 16.3. The smallest absolute Gasteiger partial charge is 0.257 e. The molecule has 0 saturated heterocycles. The van der Waals surface area contributed by atoms with Crippen molar-refractivity contribution in [2.45, 2.75) is 13.8 Å². The van der Waals surface area contributed by atoms with Gasteiger partial charge in [-0.1, -0.05) is 0 Å². The molecular weight excluding hydrogens is 418 g/mol. The number of amides is 1. The lowest BCUT2D eigenvalue weighted by Crippen LogP contribution is -2.13. The Morgan fingerprint density at radius 3 is 2.42 bits per heavy atom. The van der Waals surface area contributed by atoms with Crippen LogP contribution in [-0.4, -0.2) is 27.8 Å². The van der Waals surface area contributed by atoms with E-state index < -0.39 is 0 Å². The molecule has 4 rings (SSSR count). The zero-order valence-electron chi connectivity index (χ0n) is 18.4. The number of benzene rings is 2. The number of nitrogens with zero attached hydrogens (tertiary/aromatic N) is 4. The van der Waals surface area contributed by atoms with Crippen molar-refractivity contribution in [2.75, 3.05) is 12.4 Å². The van der Waals surface area contributed by atoms with Gasteiger partial charge < -0.3 is 14.8 Å². The van der Waals surface area contributed by atoms with E-state index in [9.17, 15) is 4.79 Å². The van der Waals surface area contributed by atoms with Gasteiger partial charge in [0.1, 0.15) is 5.75 Å². The first-order chi connectivity index (χ1) is 16.0. The second-order valence-electron chi connectivity index (χ2n) is 7.30. The van der Waals surface area contributed by atoms with Crippen molar-refractivity contribution in [2.24, 2.45) is 0 Å². The molecule has 0 aliphatic rings. The van der Waals surface area contributed by atoms with Crippen LogP contribution < -0.4 is 14.8 Å². The Balaban J connectivity index is 1.42. The zero-order valence-corrected chi connectivity index (χ0v) is 18.4. The molecule has 0 aliphatic heterocycles. The number of pyridine rings is 1. The Morgan fingerprint density at radius 1 is 1.03 bits per heavy atom. The molecule has 0 unspecified atom stereocenters. The number of hydrogen-bond donors (Lipinski definition) is 1. The first-order valence-corrected chi connectivity index (χ1v) is 10.1. The summed E-state index contributed by atoms with van der Waals surface area (Å²) in [5.41, 5.74) is 3.40. The largest absolute Gasteiger partial charge is 0.493 e. The van der Waals surface area contributed by atoms with Crippen LogP contribution in [0.1, 0.15) is 27.3 Å². The summed E-state index contributed by atoms with van der Waals surface area (Å²) in [7, 11) is 1.51. The number of aromatic nitrogens is 3. The minimum Gasteiger partial charge on any atom is -0.493 e. The molecule has 1 N–H and O–H groups in total. The Bertz CT molecular complexity index is 1340. The number of anilines is 1. The molecule has 4 aromatic rings. The number of carbonyl (C=O) groups excluding carboxylic acids is 1. The summed E-state index contributed by atoms with van der Waals surface area (Å²) in [6, 6.07) is 19.4. The zero-order chi connectivity index (χ0) is 23.4. The second kappa shape index (κ2) is 9.24. The number of aryl methyl sites for hydroxylation is 2. The molecule has 2 aromatic heterocycles. The molecule has 0 atom stereocenters. The Hall–Kier alpha value is -4.64. The predicted molar refractivity (Wildman–Crippen MR) is 123 cm³/mol. The number of nitrogens with one attached hydrogen (secondary N) is 1. The van der Waals surface area contributed by atoms with Gasteiger partial charge in [0, 0.05) is 23.6 Å². The molecule has 0 spiro atoms. The summed E-state index contributed by atoms with van der Waals surface area (Å²) in [6.07, 6.45) is 1.52. The molecule has 1 amide bonds. The van der Waals surface area contributed by atoms with Gasteiger partial charge in [0.25, 0.3) is 5.91 Å². The van der Waals surface area contributed by atoms with Crippen LogP contribution in [0.5, 0.6) is 17.2 Å². The van der Waals surface area contributed by atoms with Crippen molar-refractivity contribution in [1.82, 2.24) is 14.8 Å². The van der Waals surface area contributed by atoms with E-state index in [0.29, 0.717) is 39.9 Å². The van der Waals surface area contributed by atoms with Crippen LogP contribution in [0.25, 0.3) is 5.82 Å². The number of carbonyl (C=O) groups is 1. The van der Waals surface area contributed by atoms with E-state index >= 15 is 0 Å². The fourth-order valence-corrected chi connectivity index (χ4v) is 3.26. The molecule has 8 heteroatoms. The van der Waals surface area contributed by atoms with Crippen molar-refractivity contribution in [1.29, 1.82) is 5.26 Å². The molecule has 164 valence electrons. The molecule has 0 fully saturated rings. The van der Waals surface area contributed by atoms with Crippen molar-refractivity contribution in [3.05, 3.63) is 89.4 Å². The van der Waals surface area contributed by atoms with Crippen LogP contribution in [0, 0.1) is 25.2 Å². The van der Waals surface area contributed by atoms with Crippen LogP contribution in [0.4, 0.5) is 5.69 Å². The molecule has 0 bridgehead atoms. The number of ether oxygens (including phenoxy) is 2. The Kier molecular flexibility index (Phi) is 6.04. The normalized spacial score (nSPS) is 10.4. The van der Waals surface area contributed by atoms with Crippen LogP contribution in [0.15, 0.2) is 66.9 Å². The molecule has 0 saturated carbocycles. The second-order valence-corrected chi connectivity index (χ2v) is 7.30. The predicted octanol–water partition coefficient (Wildman–Crippen LogP) is 4.81. The van der Waals surface area contributed by atoms with Crippen molar-refractivity contribution >= 4 is 11.6 Å². The highest BCUT2D eigenvalue weighted by Crippen LogP contribution is 2.32. The van der Waals surface area contributed by atoms with Gasteiger partial charge in [-0.05, 0) is 68.4 Å². The minimum atomic E-state index is -0.273. The maximum Gasteiger partial charge on any atom is 0.257 e. The van der Waals surface area contributed by atoms with Gasteiger partial charge in [-0.2, -0.15) is 10.4 Å². The maximum atomic E-state index is 12.6. The monoisotopic (exact) mass is 439 g/mol. The first-order valence-electron chi connectivity index (χ1n) is 10.1. The lowest BCUT2D eigenvalue weighted by molar-refractivity contribution is 0.102. The molecule has 33 heavy (non-hydrogen) atoms. The van der Waals surface area contributed by atoms with Crippen molar-refractivity contribution < 1.29 is 14.3 Å². The van der Waals surface area contributed by atoms with E-state index in [2.05, 4.69) is 21.5 Å². The van der Waals surface area contributed by atoms with Crippen LogP contribution in [0.3, 0.4) is 0 Å². The highest BCUT2D eigenvalue weighted by atomic mass is 16.5. The topological polar surface area (TPSA) is 102 Å². The average molecular weight is 439 g/mol. The van der Waals surface area contributed by atoms with Crippen LogP contribution >= 0.6 is 0 Å². The van der Waals surface area contributed by atoms with Gasteiger partial charge in [-0.15, -0.1) is 0 Å². The lowest BCUT2D eigenvalue weighted by atomic mass is 10.2. The molecule has 2 heterocycles. The highest BCUT2D eigenvalue weighted by Gasteiger charge is 2.11.